The number of hydrogen-bond acceptors (Lipinski definition) is 4. The number of carbonyl (C=O) groups is 1. The average Bonchev–Trinajstić information content (AvgIpc) is 2.79. The fourth-order valence-electron chi connectivity index (χ4n) is 3.27. The van der Waals surface area contributed by atoms with Gasteiger partial charge in [0.25, 0.3) is 0 Å². The number of amides is 1. The topological polar surface area (TPSA) is 59.9 Å². The number of carbonyl (C=O) groups excluding carboxylic acids is 1. The molecule has 0 atom stereocenters. The van der Waals surface area contributed by atoms with E-state index in [4.69, 9.17) is 44.3 Å². The number of hydrazone groups is 1. The molecule has 0 heterocycles. The molecule has 1 N–H and O–H groups in total. The van der Waals surface area contributed by atoms with Crippen LogP contribution < -0.4 is 14.9 Å². The molecule has 0 aliphatic heterocycles. The third-order valence-electron chi connectivity index (χ3n) is 5.23. The zero-order valence-electron chi connectivity index (χ0n) is 20.0. The first-order chi connectivity index (χ1) is 16.6. The third-order valence-corrected chi connectivity index (χ3v) is 6.09. The van der Waals surface area contributed by atoms with Crippen molar-refractivity contribution in [3.05, 3.63) is 91.9 Å². The lowest BCUT2D eigenvalue weighted by molar-refractivity contribution is -0.120. The predicted molar refractivity (Wildman–Crippen MR) is 143 cm³/mol. The Morgan fingerprint density at radius 2 is 1.71 bits per heavy atom. The van der Waals surface area contributed by atoms with Gasteiger partial charge in [-0.25, -0.2) is 5.43 Å². The normalized spacial score (nSPS) is 11.5. The number of halogens is 3. The Morgan fingerprint density at radius 1 is 1.00 bits per heavy atom. The molecule has 0 aliphatic rings. The maximum Gasteiger partial charge on any atom is 0.244 e. The van der Waals surface area contributed by atoms with Crippen molar-refractivity contribution in [2.45, 2.75) is 39.2 Å². The zero-order valence-corrected chi connectivity index (χ0v) is 22.3. The van der Waals surface area contributed by atoms with Crippen LogP contribution in [0.2, 0.25) is 15.1 Å². The molecule has 3 rings (SSSR count). The van der Waals surface area contributed by atoms with E-state index >= 15 is 0 Å². The van der Waals surface area contributed by atoms with E-state index in [0.717, 1.165) is 11.1 Å². The van der Waals surface area contributed by atoms with E-state index < -0.39 is 0 Å². The molecule has 0 aliphatic carbocycles. The Hall–Kier alpha value is -2.73. The van der Waals surface area contributed by atoms with Crippen molar-refractivity contribution in [2.24, 2.45) is 5.10 Å². The summed E-state index contributed by atoms with van der Waals surface area (Å²) in [5, 5.41) is 5.42. The number of ether oxygens (including phenoxy) is 2. The van der Waals surface area contributed by atoms with Crippen LogP contribution in [0.4, 0.5) is 0 Å². The Balaban J connectivity index is 1.62. The van der Waals surface area contributed by atoms with E-state index in [2.05, 4.69) is 31.3 Å². The van der Waals surface area contributed by atoms with E-state index in [9.17, 15) is 4.79 Å². The number of nitrogens with zero attached hydrogens (tertiary/aromatic N) is 1. The molecule has 1 amide bonds. The lowest BCUT2D eigenvalue weighted by Gasteiger charge is -2.19. The molecule has 3 aromatic rings. The van der Waals surface area contributed by atoms with Crippen molar-refractivity contribution in [3.63, 3.8) is 0 Å². The van der Waals surface area contributed by atoms with Gasteiger partial charge in [-0.05, 0) is 46.4 Å². The maximum absolute atomic E-state index is 12.3. The van der Waals surface area contributed by atoms with Gasteiger partial charge in [0.2, 0.25) is 5.91 Å². The van der Waals surface area contributed by atoms with Gasteiger partial charge in [0.15, 0.2) is 11.5 Å². The SMILES string of the molecule is COc1cc(/C=N\NC(=O)Cc2ccc(C(C)(C)C)cc2)cc(Cl)c1OCc1ccc(Cl)cc1Cl. The van der Waals surface area contributed by atoms with Gasteiger partial charge in [-0.2, -0.15) is 5.10 Å². The monoisotopic (exact) mass is 532 g/mol. The van der Waals surface area contributed by atoms with E-state index in [1.54, 1.807) is 30.3 Å². The molecular weight excluding hydrogens is 507 g/mol. The third kappa shape index (κ3) is 7.63. The summed E-state index contributed by atoms with van der Waals surface area (Å²) in [7, 11) is 1.52. The Morgan fingerprint density at radius 3 is 2.34 bits per heavy atom. The average molecular weight is 534 g/mol. The first-order valence-corrected chi connectivity index (χ1v) is 12.1. The summed E-state index contributed by atoms with van der Waals surface area (Å²) in [5.41, 5.74) is 6.14. The number of hydrogen-bond donors (Lipinski definition) is 1. The minimum Gasteiger partial charge on any atom is -0.493 e. The number of nitrogens with one attached hydrogen (secondary N) is 1. The highest BCUT2D eigenvalue weighted by molar-refractivity contribution is 6.35. The van der Waals surface area contributed by atoms with Gasteiger partial charge >= 0.3 is 0 Å². The van der Waals surface area contributed by atoms with Gasteiger partial charge in [-0.15, -0.1) is 0 Å². The predicted octanol–water partition coefficient (Wildman–Crippen LogP) is 7.22. The summed E-state index contributed by atoms with van der Waals surface area (Å²) in [4.78, 5) is 12.3. The lowest BCUT2D eigenvalue weighted by Crippen LogP contribution is -2.20. The van der Waals surface area contributed by atoms with Crippen molar-refractivity contribution in [3.8, 4) is 11.5 Å². The molecule has 184 valence electrons. The minimum absolute atomic E-state index is 0.0664. The summed E-state index contributed by atoms with van der Waals surface area (Å²) in [5.74, 6) is 0.581. The maximum atomic E-state index is 12.3. The smallest absolute Gasteiger partial charge is 0.244 e. The van der Waals surface area contributed by atoms with Crippen LogP contribution in [0.1, 0.15) is 43.0 Å². The van der Waals surface area contributed by atoms with Crippen LogP contribution in [-0.4, -0.2) is 19.2 Å². The van der Waals surface area contributed by atoms with Crippen LogP contribution in [0.15, 0.2) is 59.7 Å². The van der Waals surface area contributed by atoms with Crippen molar-refractivity contribution in [1.82, 2.24) is 5.43 Å². The Bertz CT molecular complexity index is 1220. The van der Waals surface area contributed by atoms with Crippen LogP contribution in [-0.2, 0) is 23.2 Å². The van der Waals surface area contributed by atoms with Gasteiger partial charge in [-0.3, -0.25) is 4.79 Å². The minimum atomic E-state index is -0.220. The second-order valence-electron chi connectivity index (χ2n) is 8.98. The van der Waals surface area contributed by atoms with E-state index in [0.29, 0.717) is 32.1 Å². The second-order valence-corrected chi connectivity index (χ2v) is 10.2. The standard InChI is InChI=1S/C27H27Cl3N2O3/c1-27(2,3)20-8-5-17(6-9-20)13-25(33)32-31-15-18-11-23(30)26(24(12-18)34-4)35-16-19-7-10-21(28)14-22(19)29/h5-12,14-15H,13,16H2,1-4H3,(H,32,33)/b31-15-. The highest BCUT2D eigenvalue weighted by atomic mass is 35.5. The fraction of sp³-hybridized carbons (Fsp3) is 0.259. The van der Waals surface area contributed by atoms with E-state index in [-0.39, 0.29) is 24.3 Å². The van der Waals surface area contributed by atoms with Crippen LogP contribution >= 0.6 is 34.8 Å². The van der Waals surface area contributed by atoms with Crippen LogP contribution in [0.25, 0.3) is 0 Å². The summed E-state index contributed by atoms with van der Waals surface area (Å²) >= 11 is 18.6. The lowest BCUT2D eigenvalue weighted by atomic mass is 9.86. The van der Waals surface area contributed by atoms with E-state index in [1.807, 2.05) is 24.3 Å². The van der Waals surface area contributed by atoms with Crippen molar-refractivity contribution >= 4 is 46.9 Å². The van der Waals surface area contributed by atoms with Crippen molar-refractivity contribution in [2.75, 3.05) is 7.11 Å². The number of methoxy groups -OCH3 is 1. The second kappa shape index (κ2) is 11.8. The molecule has 35 heavy (non-hydrogen) atoms. The Labute approximate surface area is 221 Å². The molecule has 0 spiro atoms. The van der Waals surface area contributed by atoms with Crippen molar-refractivity contribution < 1.29 is 14.3 Å². The molecule has 0 saturated carbocycles. The summed E-state index contributed by atoms with van der Waals surface area (Å²) in [6, 6.07) is 16.6. The highest BCUT2D eigenvalue weighted by Gasteiger charge is 2.14. The Kier molecular flexibility index (Phi) is 9.06. The first kappa shape index (κ1) is 26.9. The van der Waals surface area contributed by atoms with Crippen LogP contribution in [0.5, 0.6) is 11.5 Å². The molecule has 0 unspecified atom stereocenters. The molecule has 0 bridgehead atoms. The fourth-order valence-corrected chi connectivity index (χ4v) is 4.01. The molecule has 5 nitrogen and oxygen atoms in total. The summed E-state index contributed by atoms with van der Waals surface area (Å²) < 4.78 is 11.3. The van der Waals surface area contributed by atoms with Gasteiger partial charge in [0.1, 0.15) is 6.61 Å². The highest BCUT2D eigenvalue weighted by Crippen LogP contribution is 2.37. The molecule has 0 radical (unpaired) electrons. The first-order valence-electron chi connectivity index (χ1n) is 10.9. The van der Waals surface area contributed by atoms with Gasteiger partial charge in [0, 0.05) is 15.6 Å². The van der Waals surface area contributed by atoms with Crippen molar-refractivity contribution in [1.29, 1.82) is 0 Å². The molecule has 0 aromatic heterocycles. The van der Waals surface area contributed by atoms with E-state index in [1.165, 1.54) is 18.9 Å². The largest absolute Gasteiger partial charge is 0.493 e. The molecule has 0 saturated heterocycles. The number of rotatable bonds is 8. The number of benzene rings is 3. The summed E-state index contributed by atoms with van der Waals surface area (Å²) in [6.45, 7) is 6.64. The quantitative estimate of drug-likeness (QED) is 0.245. The van der Waals surface area contributed by atoms with Crippen LogP contribution in [0.3, 0.4) is 0 Å². The zero-order chi connectivity index (χ0) is 25.6. The van der Waals surface area contributed by atoms with Gasteiger partial charge in [0.05, 0.1) is 24.8 Å². The van der Waals surface area contributed by atoms with Crippen LogP contribution in [0, 0.1) is 0 Å². The van der Waals surface area contributed by atoms with Gasteiger partial charge in [-0.1, -0.05) is 85.9 Å². The molecule has 0 fully saturated rings. The molecule has 8 heteroatoms. The molecule has 3 aromatic carbocycles. The van der Waals surface area contributed by atoms with Gasteiger partial charge < -0.3 is 9.47 Å². The molecular formula is C27H27Cl3N2O3. The summed E-state index contributed by atoms with van der Waals surface area (Å²) in [6.07, 6.45) is 1.72.